The number of piperidine rings is 2. The largest absolute Gasteiger partial charge is 0.342 e. The van der Waals surface area contributed by atoms with Crippen LogP contribution >= 0.6 is 0 Å². The molecule has 9 nitrogen and oxygen atoms in total. The van der Waals surface area contributed by atoms with E-state index < -0.39 is 0 Å². The van der Waals surface area contributed by atoms with Gasteiger partial charge in [-0.25, -0.2) is 9.97 Å². The van der Waals surface area contributed by atoms with Gasteiger partial charge in [-0.1, -0.05) is 26.8 Å². The summed E-state index contributed by atoms with van der Waals surface area (Å²) >= 11 is 0. The average Bonchev–Trinajstić information content (AvgIpc) is 3.37. The molecule has 0 bridgehead atoms. The van der Waals surface area contributed by atoms with E-state index in [0.29, 0.717) is 12.5 Å². The van der Waals surface area contributed by atoms with E-state index in [4.69, 9.17) is 4.98 Å². The summed E-state index contributed by atoms with van der Waals surface area (Å²) in [6.45, 7) is 18.0. The van der Waals surface area contributed by atoms with Crippen LogP contribution < -0.4 is 0 Å². The van der Waals surface area contributed by atoms with Crippen molar-refractivity contribution in [2.75, 3.05) is 26.2 Å². The van der Waals surface area contributed by atoms with Crippen molar-refractivity contribution in [1.82, 2.24) is 34.5 Å². The molecule has 0 unspecified atom stereocenters. The van der Waals surface area contributed by atoms with E-state index in [-0.39, 0.29) is 12.0 Å². The number of hydrogen-bond donors (Lipinski definition) is 0. The Hall–Kier alpha value is -3.46. The first-order valence-corrected chi connectivity index (χ1v) is 14.3. The number of aromatic nitrogens is 5. The molecule has 3 aromatic rings. The zero-order valence-electron chi connectivity index (χ0n) is 23.9. The van der Waals surface area contributed by atoms with Crippen molar-refractivity contribution in [1.29, 1.82) is 0 Å². The van der Waals surface area contributed by atoms with Gasteiger partial charge in [-0.3, -0.25) is 14.7 Å². The molecule has 0 spiro atoms. The van der Waals surface area contributed by atoms with E-state index in [1.165, 1.54) is 5.56 Å². The van der Waals surface area contributed by atoms with Crippen molar-refractivity contribution >= 4 is 23.8 Å². The second-order valence-electron chi connectivity index (χ2n) is 9.68. The first-order valence-electron chi connectivity index (χ1n) is 14.3. The Labute approximate surface area is 233 Å². The normalized spacial score (nSPS) is 16.5. The van der Waals surface area contributed by atoms with Crippen LogP contribution in [0.2, 0.25) is 0 Å². The summed E-state index contributed by atoms with van der Waals surface area (Å²) in [7, 11) is 0. The molecule has 5 rings (SSSR count). The molecule has 1 amide bonds. The van der Waals surface area contributed by atoms with E-state index in [0.717, 1.165) is 81.8 Å². The number of imidazole rings is 1. The summed E-state index contributed by atoms with van der Waals surface area (Å²) in [4.78, 5) is 31.0. The van der Waals surface area contributed by atoms with Crippen molar-refractivity contribution in [3.05, 3.63) is 60.8 Å². The minimum Gasteiger partial charge on any atom is -0.342 e. The van der Waals surface area contributed by atoms with Gasteiger partial charge in [-0.05, 0) is 75.7 Å². The molecular weight excluding hydrogens is 488 g/mol. The van der Waals surface area contributed by atoms with E-state index in [1.807, 2.05) is 50.5 Å². The third-order valence-corrected chi connectivity index (χ3v) is 7.19. The molecule has 2 aliphatic rings. The fraction of sp³-hybridized carbons (Fsp3) is 0.533. The van der Waals surface area contributed by atoms with Gasteiger partial charge in [0.15, 0.2) is 5.65 Å². The Kier molecular flexibility index (Phi) is 12.2. The van der Waals surface area contributed by atoms with Gasteiger partial charge in [0, 0.05) is 44.0 Å². The Morgan fingerprint density at radius 3 is 2.41 bits per heavy atom. The number of fused-ring (bicyclic) bond motifs is 1. The van der Waals surface area contributed by atoms with Crippen LogP contribution in [0.1, 0.15) is 70.3 Å². The molecule has 2 fully saturated rings. The van der Waals surface area contributed by atoms with E-state index in [1.54, 1.807) is 6.20 Å². The molecule has 5 heterocycles. The van der Waals surface area contributed by atoms with Crippen LogP contribution in [0, 0.1) is 5.92 Å². The Balaban J connectivity index is 0.000000644. The Morgan fingerprint density at radius 1 is 1.08 bits per heavy atom. The number of allylic oxidation sites excluding steroid dienone is 1. The minimum absolute atomic E-state index is 0.129. The number of carbonyl (C=O) groups excluding carboxylic acids is 1. The number of carbonyl (C=O) groups is 1. The van der Waals surface area contributed by atoms with Crippen molar-refractivity contribution in [3.8, 4) is 0 Å². The van der Waals surface area contributed by atoms with Gasteiger partial charge in [0.25, 0.3) is 0 Å². The molecule has 39 heavy (non-hydrogen) atoms. The van der Waals surface area contributed by atoms with Gasteiger partial charge in [0.1, 0.15) is 11.3 Å². The topological polar surface area (TPSA) is 92.4 Å². The van der Waals surface area contributed by atoms with Crippen LogP contribution in [0.4, 0.5) is 0 Å². The molecule has 0 aliphatic carbocycles. The average molecular weight is 533 g/mol. The lowest BCUT2D eigenvalue weighted by molar-refractivity contribution is -0.138. The highest BCUT2D eigenvalue weighted by atomic mass is 16.2. The number of rotatable bonds is 7. The summed E-state index contributed by atoms with van der Waals surface area (Å²) in [5, 5.41) is 7.80. The van der Waals surface area contributed by atoms with Crippen LogP contribution in [0.3, 0.4) is 0 Å². The van der Waals surface area contributed by atoms with E-state index in [2.05, 4.69) is 54.8 Å². The second kappa shape index (κ2) is 15.8. The van der Waals surface area contributed by atoms with E-state index >= 15 is 0 Å². The maximum Gasteiger partial charge on any atom is 0.225 e. The van der Waals surface area contributed by atoms with Crippen LogP contribution in [-0.4, -0.2) is 73.3 Å². The zero-order chi connectivity index (χ0) is 28.0. The van der Waals surface area contributed by atoms with Crippen molar-refractivity contribution in [3.63, 3.8) is 0 Å². The smallest absolute Gasteiger partial charge is 0.225 e. The van der Waals surface area contributed by atoms with Crippen molar-refractivity contribution in [2.24, 2.45) is 10.9 Å². The van der Waals surface area contributed by atoms with Gasteiger partial charge in [0.05, 0.1) is 12.7 Å². The summed E-state index contributed by atoms with van der Waals surface area (Å²) in [5.74, 6) is 1.35. The molecule has 210 valence electrons. The lowest BCUT2D eigenvalue weighted by atomic mass is 9.93. The van der Waals surface area contributed by atoms with Gasteiger partial charge in [-0.15, -0.1) is 6.58 Å². The molecule has 0 saturated carbocycles. The number of nitrogens with zero attached hydrogens (tertiary/aromatic N) is 8. The van der Waals surface area contributed by atoms with Crippen LogP contribution in [0.25, 0.3) is 11.2 Å². The number of likely N-dealkylation sites (tertiary alicyclic amines) is 2. The van der Waals surface area contributed by atoms with Gasteiger partial charge in [0.2, 0.25) is 5.91 Å². The lowest BCUT2D eigenvalue weighted by Crippen LogP contribution is -2.45. The maximum atomic E-state index is 13.2. The number of amides is 1. The lowest BCUT2D eigenvalue weighted by Gasteiger charge is -2.37. The van der Waals surface area contributed by atoms with Crippen molar-refractivity contribution in [2.45, 2.75) is 72.0 Å². The third kappa shape index (κ3) is 8.02. The molecule has 3 aromatic heterocycles. The SMILES string of the molecule is C=CCC.C=NCc1nc2cccnc2n1C1CCN(C(=O)C2CCN(Cc3ccnnc3)CC2)CC1.CC. The quantitative estimate of drug-likeness (QED) is 0.310. The fourth-order valence-electron chi connectivity index (χ4n) is 5.18. The number of pyridine rings is 1. The van der Waals surface area contributed by atoms with Crippen molar-refractivity contribution < 1.29 is 4.79 Å². The predicted octanol–water partition coefficient (Wildman–Crippen LogP) is 5.11. The Bertz CT molecular complexity index is 1160. The monoisotopic (exact) mass is 532 g/mol. The maximum absolute atomic E-state index is 13.2. The first-order chi connectivity index (χ1) is 19.1. The summed E-state index contributed by atoms with van der Waals surface area (Å²) in [5.41, 5.74) is 2.96. The summed E-state index contributed by atoms with van der Waals surface area (Å²) < 4.78 is 2.22. The van der Waals surface area contributed by atoms with Gasteiger partial charge >= 0.3 is 0 Å². The molecule has 9 heteroatoms. The predicted molar refractivity (Wildman–Crippen MR) is 158 cm³/mol. The molecule has 0 aromatic carbocycles. The van der Waals surface area contributed by atoms with E-state index in [9.17, 15) is 4.79 Å². The van der Waals surface area contributed by atoms with Crippen LogP contribution in [0.5, 0.6) is 0 Å². The molecule has 0 atom stereocenters. The summed E-state index contributed by atoms with van der Waals surface area (Å²) in [6.07, 6.45) is 12.0. The molecule has 0 radical (unpaired) electrons. The van der Waals surface area contributed by atoms with Crippen LogP contribution in [0.15, 0.2) is 54.4 Å². The molecule has 0 N–H and O–H groups in total. The van der Waals surface area contributed by atoms with Gasteiger partial charge < -0.3 is 9.47 Å². The second-order valence-corrected chi connectivity index (χ2v) is 9.68. The molecule has 2 aliphatic heterocycles. The molecular formula is C30H44N8O. The Morgan fingerprint density at radius 2 is 1.79 bits per heavy atom. The third-order valence-electron chi connectivity index (χ3n) is 7.19. The van der Waals surface area contributed by atoms with Crippen LogP contribution in [-0.2, 0) is 17.9 Å². The highest BCUT2D eigenvalue weighted by molar-refractivity contribution is 5.79. The fourth-order valence-corrected chi connectivity index (χ4v) is 5.18. The number of aliphatic imine (C=N–C) groups is 1. The summed E-state index contributed by atoms with van der Waals surface area (Å²) in [6, 6.07) is 6.18. The minimum atomic E-state index is 0.129. The standard InChI is InChI=1S/C24H30N8O.C4H8.C2H6/c1-25-16-22-29-21-3-2-9-26-23(21)32(22)20-7-13-31(14-8-20)24(33)19-5-11-30(12-6-19)17-18-4-10-27-28-15-18;1-3-4-2;1-2/h2-4,9-10,15,19-20H,1,5-8,11-14,16-17H2;3H,1,4H2,2H3;1-2H3. The highest BCUT2D eigenvalue weighted by Gasteiger charge is 2.32. The highest BCUT2D eigenvalue weighted by Crippen LogP contribution is 2.30. The first kappa shape index (κ1) is 30.1. The van der Waals surface area contributed by atoms with Gasteiger partial charge in [-0.2, -0.15) is 10.2 Å². The number of hydrogen-bond acceptors (Lipinski definition) is 7. The zero-order valence-corrected chi connectivity index (χ0v) is 23.9. The molecule has 2 saturated heterocycles.